The van der Waals surface area contributed by atoms with E-state index < -0.39 is 0 Å². The van der Waals surface area contributed by atoms with Gasteiger partial charge in [-0.05, 0) is 36.8 Å². The lowest BCUT2D eigenvalue weighted by atomic mass is 10.1. The summed E-state index contributed by atoms with van der Waals surface area (Å²) in [6.45, 7) is 2.64. The fraction of sp³-hybridized carbons (Fsp3) is 0.190. The molecule has 0 bridgehead atoms. The van der Waals surface area contributed by atoms with E-state index in [1.165, 1.54) is 11.3 Å². The average Bonchev–Trinajstić information content (AvgIpc) is 3.36. The second kappa shape index (κ2) is 8.83. The zero-order valence-corrected chi connectivity index (χ0v) is 17.1. The molecular formula is C21H19N5O3S. The number of esters is 1. The number of para-hydroxylation sites is 1. The molecular weight excluding hydrogens is 402 g/mol. The Morgan fingerprint density at radius 1 is 1.13 bits per heavy atom. The highest BCUT2D eigenvalue weighted by Crippen LogP contribution is 2.18. The van der Waals surface area contributed by atoms with E-state index in [2.05, 4.69) is 20.6 Å². The molecule has 0 aliphatic carbocycles. The van der Waals surface area contributed by atoms with Crippen LogP contribution < -0.4 is 5.32 Å². The molecule has 1 amide bonds. The Kier molecular flexibility index (Phi) is 5.80. The molecule has 1 N–H and O–H groups in total. The van der Waals surface area contributed by atoms with E-state index in [4.69, 9.17) is 4.74 Å². The molecule has 0 saturated carbocycles. The number of hydrogen-bond acceptors (Lipinski definition) is 7. The summed E-state index contributed by atoms with van der Waals surface area (Å²) in [5.41, 5.74) is 3.91. The van der Waals surface area contributed by atoms with Crippen molar-refractivity contribution in [3.8, 4) is 0 Å². The Hall–Kier alpha value is -3.59. The van der Waals surface area contributed by atoms with Gasteiger partial charge in [-0.2, -0.15) is 0 Å². The molecule has 9 heteroatoms. The lowest BCUT2D eigenvalue weighted by Crippen LogP contribution is -2.12. The number of nitrogens with zero attached hydrogens (tertiary/aromatic N) is 4. The number of hydrogen-bond donors (Lipinski definition) is 1. The molecule has 2 heterocycles. The van der Waals surface area contributed by atoms with Crippen LogP contribution >= 0.6 is 11.3 Å². The number of nitrogens with one attached hydrogen (secondary N) is 1. The highest BCUT2D eigenvalue weighted by atomic mass is 32.1. The summed E-state index contributed by atoms with van der Waals surface area (Å²) < 4.78 is 6.73. The van der Waals surface area contributed by atoms with Gasteiger partial charge in [-0.15, -0.1) is 16.4 Å². The Labute approximate surface area is 176 Å². The van der Waals surface area contributed by atoms with Crippen LogP contribution in [0.25, 0.3) is 11.0 Å². The molecule has 2 aromatic heterocycles. The molecule has 0 atom stereocenters. The van der Waals surface area contributed by atoms with Crippen LogP contribution in [0.5, 0.6) is 0 Å². The van der Waals surface area contributed by atoms with Crippen LogP contribution in [0.2, 0.25) is 0 Å². The number of carbonyl (C=O) groups excluding carboxylic acids is 2. The van der Waals surface area contributed by atoms with Crippen molar-refractivity contribution < 1.29 is 14.3 Å². The number of ether oxygens (including phenoxy) is 1. The molecule has 0 radical (unpaired) electrons. The molecule has 152 valence electrons. The van der Waals surface area contributed by atoms with Gasteiger partial charge in [0.25, 0.3) is 5.91 Å². The second-order valence-electron chi connectivity index (χ2n) is 6.51. The number of anilines is 1. The molecule has 0 aliphatic rings. The van der Waals surface area contributed by atoms with Crippen molar-refractivity contribution in [2.75, 3.05) is 11.9 Å². The third kappa shape index (κ3) is 4.52. The maximum absolute atomic E-state index is 12.5. The van der Waals surface area contributed by atoms with Crippen LogP contribution in [-0.2, 0) is 22.5 Å². The maximum Gasteiger partial charge on any atom is 0.311 e. The van der Waals surface area contributed by atoms with E-state index in [-0.39, 0.29) is 18.3 Å². The largest absolute Gasteiger partial charge is 0.466 e. The Balaban J connectivity index is 1.38. The fourth-order valence-corrected chi connectivity index (χ4v) is 3.65. The van der Waals surface area contributed by atoms with Crippen molar-refractivity contribution in [2.45, 2.75) is 19.9 Å². The van der Waals surface area contributed by atoms with E-state index in [9.17, 15) is 9.59 Å². The normalized spacial score (nSPS) is 10.8. The molecule has 0 spiro atoms. The van der Waals surface area contributed by atoms with E-state index in [1.807, 2.05) is 41.1 Å². The number of aromatic nitrogens is 4. The minimum absolute atomic E-state index is 0.0892. The van der Waals surface area contributed by atoms with Crippen LogP contribution in [0.4, 0.5) is 5.13 Å². The minimum atomic E-state index is -0.337. The fourth-order valence-electron chi connectivity index (χ4n) is 2.94. The molecule has 2 aromatic carbocycles. The van der Waals surface area contributed by atoms with Crippen LogP contribution in [0.1, 0.15) is 28.5 Å². The number of benzene rings is 2. The van der Waals surface area contributed by atoms with Gasteiger partial charge in [0.2, 0.25) is 0 Å². The van der Waals surface area contributed by atoms with Gasteiger partial charge in [-0.25, -0.2) is 9.67 Å². The Bertz CT molecular complexity index is 1180. The Morgan fingerprint density at radius 2 is 1.93 bits per heavy atom. The average molecular weight is 421 g/mol. The number of carbonyl (C=O) groups is 2. The van der Waals surface area contributed by atoms with Gasteiger partial charge in [0.15, 0.2) is 5.13 Å². The summed E-state index contributed by atoms with van der Waals surface area (Å²) in [7, 11) is 0. The molecule has 4 rings (SSSR count). The number of amides is 1. The summed E-state index contributed by atoms with van der Waals surface area (Å²) in [5.74, 6) is -0.596. The molecule has 4 aromatic rings. The summed E-state index contributed by atoms with van der Waals surface area (Å²) in [5, 5.41) is 13.3. The predicted molar refractivity (Wildman–Crippen MR) is 113 cm³/mol. The van der Waals surface area contributed by atoms with Gasteiger partial charge in [0, 0.05) is 10.9 Å². The summed E-state index contributed by atoms with van der Waals surface area (Å²) in [6.07, 6.45) is 0.0892. The first-order valence-corrected chi connectivity index (χ1v) is 10.3. The number of thiazole rings is 1. The first-order chi connectivity index (χ1) is 14.6. The van der Waals surface area contributed by atoms with E-state index >= 15 is 0 Å². The van der Waals surface area contributed by atoms with Crippen LogP contribution in [-0.4, -0.2) is 38.5 Å². The third-order valence-corrected chi connectivity index (χ3v) is 5.18. The van der Waals surface area contributed by atoms with Gasteiger partial charge < -0.3 is 4.74 Å². The number of fused-ring (bicyclic) bond motifs is 1. The predicted octanol–water partition coefficient (Wildman–Crippen LogP) is 3.29. The van der Waals surface area contributed by atoms with Crippen molar-refractivity contribution in [3.63, 3.8) is 0 Å². The Morgan fingerprint density at radius 3 is 2.73 bits per heavy atom. The molecule has 0 fully saturated rings. The molecule has 8 nitrogen and oxygen atoms in total. The van der Waals surface area contributed by atoms with Crippen molar-refractivity contribution in [1.82, 2.24) is 20.0 Å². The highest BCUT2D eigenvalue weighted by Gasteiger charge is 2.12. The molecule has 30 heavy (non-hydrogen) atoms. The molecule has 0 unspecified atom stereocenters. The highest BCUT2D eigenvalue weighted by molar-refractivity contribution is 7.14. The third-order valence-electron chi connectivity index (χ3n) is 4.37. The topological polar surface area (TPSA) is 99.0 Å². The van der Waals surface area contributed by atoms with Crippen molar-refractivity contribution >= 4 is 39.4 Å². The first-order valence-electron chi connectivity index (χ1n) is 9.41. The van der Waals surface area contributed by atoms with Gasteiger partial charge >= 0.3 is 5.97 Å². The van der Waals surface area contributed by atoms with Gasteiger partial charge in [-0.3, -0.25) is 14.9 Å². The zero-order valence-electron chi connectivity index (χ0n) is 16.2. The monoisotopic (exact) mass is 421 g/mol. The quantitative estimate of drug-likeness (QED) is 0.460. The standard InChI is InChI=1S/C21H19N5O3S/c1-2-29-19(27)11-16-13-30-21(22-16)23-20(28)15-9-7-14(8-10-15)12-26-18-6-4-3-5-17(18)24-25-26/h3-10,13H,2,11-12H2,1H3,(H,22,23,28). The smallest absolute Gasteiger partial charge is 0.311 e. The number of rotatable bonds is 7. The lowest BCUT2D eigenvalue weighted by Gasteiger charge is -2.05. The van der Waals surface area contributed by atoms with Gasteiger partial charge in [0.05, 0.1) is 30.8 Å². The second-order valence-corrected chi connectivity index (χ2v) is 7.37. The van der Waals surface area contributed by atoms with Gasteiger partial charge in [-0.1, -0.05) is 29.5 Å². The molecule has 0 saturated heterocycles. The lowest BCUT2D eigenvalue weighted by molar-refractivity contribution is -0.142. The van der Waals surface area contributed by atoms with E-state index in [1.54, 1.807) is 24.4 Å². The van der Waals surface area contributed by atoms with Crippen LogP contribution in [0.3, 0.4) is 0 Å². The van der Waals surface area contributed by atoms with E-state index in [0.717, 1.165) is 16.6 Å². The van der Waals surface area contributed by atoms with Crippen LogP contribution in [0.15, 0.2) is 53.9 Å². The van der Waals surface area contributed by atoms with Crippen molar-refractivity contribution in [3.05, 3.63) is 70.7 Å². The first kappa shape index (κ1) is 19.7. The van der Waals surface area contributed by atoms with Gasteiger partial charge in [0.1, 0.15) is 5.52 Å². The van der Waals surface area contributed by atoms with Crippen molar-refractivity contribution in [2.24, 2.45) is 0 Å². The zero-order chi connectivity index (χ0) is 20.9. The molecule has 0 aliphatic heterocycles. The van der Waals surface area contributed by atoms with Crippen LogP contribution in [0, 0.1) is 0 Å². The SMILES string of the molecule is CCOC(=O)Cc1csc(NC(=O)c2ccc(Cn3nnc4ccccc43)cc2)n1. The minimum Gasteiger partial charge on any atom is -0.466 e. The van der Waals surface area contributed by atoms with Crippen molar-refractivity contribution in [1.29, 1.82) is 0 Å². The summed E-state index contributed by atoms with van der Waals surface area (Å²) >= 11 is 1.27. The van der Waals surface area contributed by atoms with E-state index in [0.29, 0.717) is 29.5 Å². The maximum atomic E-state index is 12.5. The summed E-state index contributed by atoms with van der Waals surface area (Å²) in [4.78, 5) is 28.3. The summed E-state index contributed by atoms with van der Waals surface area (Å²) in [6, 6.07) is 15.1.